The molecule has 0 bridgehead atoms. The van der Waals surface area contributed by atoms with Gasteiger partial charge in [-0.1, -0.05) is 6.08 Å². The topological polar surface area (TPSA) is 47.3 Å². The summed E-state index contributed by atoms with van der Waals surface area (Å²) in [6.45, 7) is 7.22. The molecule has 0 saturated heterocycles. The molecule has 0 aliphatic carbocycles. The van der Waals surface area contributed by atoms with Gasteiger partial charge in [0.15, 0.2) is 0 Å². The van der Waals surface area contributed by atoms with E-state index in [4.69, 9.17) is 10.5 Å². The molecule has 0 fully saturated rings. The largest absolute Gasteiger partial charge is 0.397 e. The molecule has 0 aromatic heterocycles. The van der Waals surface area contributed by atoms with Gasteiger partial charge < -0.3 is 15.8 Å². The molecule has 0 saturated carbocycles. The monoisotopic (exact) mass is 238 g/mol. The summed E-state index contributed by atoms with van der Waals surface area (Å²) in [4.78, 5) is 0. The molecule has 4 heteroatoms. The van der Waals surface area contributed by atoms with Crippen molar-refractivity contribution in [1.82, 2.24) is 0 Å². The predicted molar refractivity (Wildman–Crippen MR) is 69.7 cm³/mol. The summed E-state index contributed by atoms with van der Waals surface area (Å²) in [5.41, 5.74) is 7.44. The van der Waals surface area contributed by atoms with Crippen LogP contribution in [-0.2, 0) is 4.74 Å². The van der Waals surface area contributed by atoms with Crippen LogP contribution in [0.4, 0.5) is 15.8 Å². The van der Waals surface area contributed by atoms with Crippen LogP contribution in [0, 0.1) is 12.7 Å². The number of aryl methyl sites for hydroxylation is 1. The number of anilines is 2. The van der Waals surface area contributed by atoms with Gasteiger partial charge in [-0.3, -0.25) is 0 Å². The van der Waals surface area contributed by atoms with Crippen LogP contribution in [0.1, 0.15) is 12.0 Å². The third kappa shape index (κ3) is 4.44. The second-order valence-electron chi connectivity index (χ2n) is 3.81. The van der Waals surface area contributed by atoms with E-state index in [9.17, 15) is 4.39 Å². The van der Waals surface area contributed by atoms with Crippen molar-refractivity contribution in [2.24, 2.45) is 0 Å². The second kappa shape index (κ2) is 6.91. The van der Waals surface area contributed by atoms with Crippen LogP contribution in [0.25, 0.3) is 0 Å². The van der Waals surface area contributed by atoms with E-state index in [2.05, 4.69) is 11.9 Å². The Morgan fingerprint density at radius 3 is 2.94 bits per heavy atom. The van der Waals surface area contributed by atoms with Crippen LogP contribution < -0.4 is 11.1 Å². The molecule has 0 amide bonds. The van der Waals surface area contributed by atoms with E-state index in [1.54, 1.807) is 13.0 Å². The lowest BCUT2D eigenvalue weighted by molar-refractivity contribution is 0.149. The number of nitrogens with two attached hydrogens (primary N) is 1. The molecular formula is C13H19FN2O. The van der Waals surface area contributed by atoms with Crippen LogP contribution >= 0.6 is 0 Å². The first-order valence-corrected chi connectivity index (χ1v) is 5.63. The predicted octanol–water partition coefficient (Wildman–Crippen LogP) is 2.72. The molecule has 0 aliphatic heterocycles. The molecule has 3 nitrogen and oxygen atoms in total. The summed E-state index contributed by atoms with van der Waals surface area (Å²) in [5.74, 6) is -0.282. The Bertz CT molecular complexity index is 380. The number of rotatable bonds is 7. The van der Waals surface area contributed by atoms with E-state index in [1.165, 1.54) is 6.07 Å². The maximum atomic E-state index is 13.1. The maximum Gasteiger partial charge on any atom is 0.128 e. The first kappa shape index (κ1) is 13.5. The van der Waals surface area contributed by atoms with Crippen LogP contribution in [0.2, 0.25) is 0 Å². The highest BCUT2D eigenvalue weighted by Crippen LogP contribution is 2.22. The minimum Gasteiger partial charge on any atom is -0.397 e. The van der Waals surface area contributed by atoms with Gasteiger partial charge in [0.05, 0.1) is 24.6 Å². The number of halogens is 1. The minimum atomic E-state index is -0.282. The van der Waals surface area contributed by atoms with Crippen molar-refractivity contribution in [3.63, 3.8) is 0 Å². The molecular weight excluding hydrogens is 219 g/mol. The maximum absolute atomic E-state index is 13.1. The van der Waals surface area contributed by atoms with Gasteiger partial charge in [0, 0.05) is 6.54 Å². The molecule has 1 aromatic carbocycles. The second-order valence-corrected chi connectivity index (χ2v) is 3.81. The number of benzene rings is 1. The summed E-state index contributed by atoms with van der Waals surface area (Å²) in [6, 6.07) is 3.03. The van der Waals surface area contributed by atoms with Crippen LogP contribution in [0.3, 0.4) is 0 Å². The van der Waals surface area contributed by atoms with Crippen LogP contribution in [0.15, 0.2) is 24.8 Å². The standard InChI is InChI=1S/C13H19FN2O/c1-3-4-6-17-7-5-16-13-8-10(2)11(14)9-12(13)15/h3,8-9,16H,1,4-7,15H2,2H3. The van der Waals surface area contributed by atoms with Crippen molar-refractivity contribution in [2.75, 3.05) is 30.8 Å². The molecule has 17 heavy (non-hydrogen) atoms. The van der Waals surface area contributed by atoms with Gasteiger partial charge in [-0.15, -0.1) is 6.58 Å². The molecule has 0 heterocycles. The average molecular weight is 238 g/mol. The lowest BCUT2D eigenvalue weighted by atomic mass is 10.2. The van der Waals surface area contributed by atoms with Gasteiger partial charge in [0.2, 0.25) is 0 Å². The Morgan fingerprint density at radius 2 is 2.24 bits per heavy atom. The molecule has 3 N–H and O–H groups in total. The Kier molecular flexibility index (Phi) is 5.49. The molecule has 0 spiro atoms. The molecule has 1 rings (SSSR count). The highest BCUT2D eigenvalue weighted by molar-refractivity contribution is 5.67. The molecule has 0 aliphatic rings. The fourth-order valence-corrected chi connectivity index (χ4v) is 1.38. The van der Waals surface area contributed by atoms with E-state index in [0.717, 1.165) is 12.1 Å². The van der Waals surface area contributed by atoms with Crippen molar-refractivity contribution in [3.8, 4) is 0 Å². The average Bonchev–Trinajstić information content (AvgIpc) is 2.30. The summed E-state index contributed by atoms with van der Waals surface area (Å²) in [5, 5.41) is 3.12. The zero-order chi connectivity index (χ0) is 12.7. The van der Waals surface area contributed by atoms with Gasteiger partial charge in [-0.25, -0.2) is 4.39 Å². The number of ether oxygens (including phenoxy) is 1. The Hall–Kier alpha value is -1.55. The molecule has 1 aromatic rings. The van der Waals surface area contributed by atoms with Crippen molar-refractivity contribution in [2.45, 2.75) is 13.3 Å². The fourth-order valence-electron chi connectivity index (χ4n) is 1.38. The third-order valence-electron chi connectivity index (χ3n) is 2.36. The lowest BCUT2D eigenvalue weighted by Crippen LogP contribution is -2.11. The fraction of sp³-hybridized carbons (Fsp3) is 0.385. The third-order valence-corrected chi connectivity index (χ3v) is 2.36. The van der Waals surface area contributed by atoms with E-state index < -0.39 is 0 Å². The molecule has 0 unspecified atom stereocenters. The Labute approximate surface area is 101 Å². The first-order chi connectivity index (χ1) is 8.15. The highest BCUT2D eigenvalue weighted by atomic mass is 19.1. The van der Waals surface area contributed by atoms with Crippen molar-refractivity contribution in [3.05, 3.63) is 36.2 Å². The Balaban J connectivity index is 2.36. The number of nitrogen functional groups attached to an aromatic ring is 1. The zero-order valence-corrected chi connectivity index (χ0v) is 10.1. The SMILES string of the molecule is C=CCCOCCNc1cc(C)c(F)cc1N. The minimum absolute atomic E-state index is 0.282. The molecule has 0 radical (unpaired) electrons. The van der Waals surface area contributed by atoms with Crippen LogP contribution in [-0.4, -0.2) is 19.8 Å². The van der Waals surface area contributed by atoms with Crippen LogP contribution in [0.5, 0.6) is 0 Å². The van der Waals surface area contributed by atoms with Gasteiger partial charge in [-0.2, -0.15) is 0 Å². The number of hydrogen-bond donors (Lipinski definition) is 2. The zero-order valence-electron chi connectivity index (χ0n) is 10.1. The van der Waals surface area contributed by atoms with E-state index in [0.29, 0.717) is 31.0 Å². The smallest absolute Gasteiger partial charge is 0.128 e. The van der Waals surface area contributed by atoms with Gasteiger partial charge in [-0.05, 0) is 31.0 Å². The molecule has 0 atom stereocenters. The Morgan fingerprint density at radius 1 is 1.47 bits per heavy atom. The van der Waals surface area contributed by atoms with E-state index in [-0.39, 0.29) is 5.82 Å². The van der Waals surface area contributed by atoms with E-state index in [1.807, 2.05) is 6.08 Å². The number of nitrogens with one attached hydrogen (secondary N) is 1. The first-order valence-electron chi connectivity index (χ1n) is 5.63. The van der Waals surface area contributed by atoms with Crippen molar-refractivity contribution < 1.29 is 9.13 Å². The summed E-state index contributed by atoms with van der Waals surface area (Å²) < 4.78 is 18.5. The van der Waals surface area contributed by atoms with E-state index >= 15 is 0 Å². The van der Waals surface area contributed by atoms with Crippen molar-refractivity contribution >= 4 is 11.4 Å². The van der Waals surface area contributed by atoms with Gasteiger partial charge in [0.25, 0.3) is 0 Å². The highest BCUT2D eigenvalue weighted by Gasteiger charge is 2.03. The van der Waals surface area contributed by atoms with Gasteiger partial charge >= 0.3 is 0 Å². The lowest BCUT2D eigenvalue weighted by Gasteiger charge is -2.11. The van der Waals surface area contributed by atoms with Gasteiger partial charge in [0.1, 0.15) is 5.82 Å². The summed E-state index contributed by atoms with van der Waals surface area (Å²) in [6.07, 6.45) is 2.66. The normalized spacial score (nSPS) is 10.2. The summed E-state index contributed by atoms with van der Waals surface area (Å²) >= 11 is 0. The molecule has 94 valence electrons. The quantitative estimate of drug-likeness (QED) is 0.436. The number of hydrogen-bond acceptors (Lipinski definition) is 3. The van der Waals surface area contributed by atoms with Crippen molar-refractivity contribution in [1.29, 1.82) is 0 Å². The summed E-state index contributed by atoms with van der Waals surface area (Å²) in [7, 11) is 0.